The molecule has 1 fully saturated rings. The number of aromatic nitrogens is 3. The molecule has 28 heavy (non-hydrogen) atoms. The van der Waals surface area contributed by atoms with E-state index in [1.807, 2.05) is 19.2 Å². The van der Waals surface area contributed by atoms with Gasteiger partial charge in [0, 0.05) is 25.3 Å². The van der Waals surface area contributed by atoms with Crippen molar-refractivity contribution in [1.82, 2.24) is 19.7 Å². The number of carbonyl (C=O) groups excluding carboxylic acids is 1. The van der Waals surface area contributed by atoms with E-state index in [1.165, 1.54) is 17.5 Å². The Kier molecular flexibility index (Phi) is 5.25. The van der Waals surface area contributed by atoms with Crippen LogP contribution >= 0.6 is 11.3 Å². The van der Waals surface area contributed by atoms with E-state index in [9.17, 15) is 13.6 Å². The Morgan fingerprint density at radius 1 is 1.32 bits per heavy atom. The summed E-state index contributed by atoms with van der Waals surface area (Å²) in [5.41, 5.74) is 1.96. The lowest BCUT2D eigenvalue weighted by atomic mass is 9.90. The average Bonchev–Trinajstić information content (AvgIpc) is 3.37. The van der Waals surface area contributed by atoms with E-state index in [2.05, 4.69) is 20.2 Å². The Hall–Kier alpha value is -2.55. The third kappa shape index (κ3) is 3.71. The highest BCUT2D eigenvalue weighted by Gasteiger charge is 2.27. The summed E-state index contributed by atoms with van der Waals surface area (Å²) in [5, 5.41) is 3.08. The van der Waals surface area contributed by atoms with Gasteiger partial charge in [0.25, 0.3) is 12.3 Å². The molecule has 9 heteroatoms. The Morgan fingerprint density at radius 2 is 2.11 bits per heavy atom. The van der Waals surface area contributed by atoms with Gasteiger partial charge >= 0.3 is 0 Å². The lowest BCUT2D eigenvalue weighted by Gasteiger charge is -2.36. The summed E-state index contributed by atoms with van der Waals surface area (Å²) in [6, 6.07) is 5.91. The van der Waals surface area contributed by atoms with Gasteiger partial charge in [-0.2, -0.15) is 0 Å². The van der Waals surface area contributed by atoms with E-state index in [0.29, 0.717) is 10.5 Å². The van der Waals surface area contributed by atoms with Crippen LogP contribution < -0.4 is 10.2 Å². The highest BCUT2D eigenvalue weighted by Crippen LogP contribution is 2.28. The van der Waals surface area contributed by atoms with Gasteiger partial charge in [0.05, 0.1) is 11.7 Å². The highest BCUT2D eigenvalue weighted by atomic mass is 32.1. The Bertz CT molecular complexity index is 951. The first kappa shape index (κ1) is 18.8. The zero-order valence-corrected chi connectivity index (χ0v) is 16.2. The number of hydrogen-bond acceptors (Lipinski definition) is 5. The number of carbonyl (C=O) groups is 1. The van der Waals surface area contributed by atoms with Gasteiger partial charge in [-0.05, 0) is 37.8 Å². The van der Waals surface area contributed by atoms with Crippen LogP contribution in [0.25, 0.3) is 5.65 Å². The minimum Gasteiger partial charge on any atom is -0.358 e. The van der Waals surface area contributed by atoms with Crippen molar-refractivity contribution in [3.63, 3.8) is 0 Å². The molecule has 0 spiro atoms. The first-order chi connectivity index (χ1) is 13.5. The fourth-order valence-corrected chi connectivity index (χ4v) is 4.31. The predicted octanol–water partition coefficient (Wildman–Crippen LogP) is 3.91. The van der Waals surface area contributed by atoms with Gasteiger partial charge in [0.1, 0.15) is 22.0 Å². The number of amides is 1. The molecule has 6 nitrogen and oxygen atoms in total. The molecule has 1 amide bonds. The molecular formula is C19H21F2N5OS. The molecule has 0 unspecified atom stereocenters. The van der Waals surface area contributed by atoms with Gasteiger partial charge in [0.2, 0.25) is 0 Å². The molecule has 3 heterocycles. The number of alkyl halides is 2. The average molecular weight is 405 g/mol. The van der Waals surface area contributed by atoms with Crippen LogP contribution in [-0.2, 0) is 0 Å². The molecule has 4 rings (SSSR count). The molecule has 1 saturated carbocycles. The molecule has 1 N–H and O–H groups in total. The number of imidazole rings is 1. The van der Waals surface area contributed by atoms with Crippen LogP contribution in [0.2, 0.25) is 0 Å². The Labute approximate surface area is 165 Å². The van der Waals surface area contributed by atoms with Crippen LogP contribution in [0.3, 0.4) is 0 Å². The van der Waals surface area contributed by atoms with Crippen LogP contribution in [0.5, 0.6) is 0 Å². The van der Waals surface area contributed by atoms with Crippen molar-refractivity contribution in [3.8, 4) is 0 Å². The summed E-state index contributed by atoms with van der Waals surface area (Å²) in [6.45, 7) is 0. The number of thiazole rings is 1. The SMILES string of the molecule is CN(c1cccc2nc(C(F)F)cn12)C1CCC(NC(=O)c2cncs2)CC1. The molecule has 0 aliphatic heterocycles. The lowest BCUT2D eigenvalue weighted by molar-refractivity contribution is 0.0929. The molecule has 0 bridgehead atoms. The van der Waals surface area contributed by atoms with Crippen molar-refractivity contribution in [2.75, 3.05) is 11.9 Å². The fourth-order valence-electron chi connectivity index (χ4n) is 3.79. The quantitative estimate of drug-likeness (QED) is 0.699. The van der Waals surface area contributed by atoms with Gasteiger partial charge < -0.3 is 10.2 Å². The van der Waals surface area contributed by atoms with Crippen molar-refractivity contribution >= 4 is 28.7 Å². The molecule has 0 atom stereocenters. The Balaban J connectivity index is 1.42. The first-order valence-corrected chi connectivity index (χ1v) is 10.1. The summed E-state index contributed by atoms with van der Waals surface area (Å²) < 4.78 is 27.8. The number of nitrogens with zero attached hydrogens (tertiary/aromatic N) is 4. The van der Waals surface area contributed by atoms with Crippen LogP contribution in [0.1, 0.15) is 47.5 Å². The van der Waals surface area contributed by atoms with E-state index in [1.54, 1.807) is 22.2 Å². The van der Waals surface area contributed by atoms with Crippen molar-refractivity contribution in [1.29, 1.82) is 0 Å². The maximum atomic E-state index is 13.0. The summed E-state index contributed by atoms with van der Waals surface area (Å²) in [7, 11) is 1.98. The van der Waals surface area contributed by atoms with Crippen molar-refractivity contribution in [2.45, 2.75) is 44.2 Å². The molecule has 0 aromatic carbocycles. The highest BCUT2D eigenvalue weighted by molar-refractivity contribution is 7.11. The van der Waals surface area contributed by atoms with E-state index in [-0.39, 0.29) is 23.7 Å². The van der Waals surface area contributed by atoms with Crippen LogP contribution in [-0.4, -0.2) is 39.4 Å². The molecular weight excluding hydrogens is 384 g/mol. The number of fused-ring (bicyclic) bond motifs is 1. The second-order valence-electron chi connectivity index (χ2n) is 7.03. The Morgan fingerprint density at radius 3 is 2.79 bits per heavy atom. The summed E-state index contributed by atoms with van der Waals surface area (Å²) >= 11 is 1.33. The molecule has 3 aromatic rings. The molecule has 1 aliphatic carbocycles. The number of rotatable bonds is 5. The largest absolute Gasteiger partial charge is 0.358 e. The first-order valence-electron chi connectivity index (χ1n) is 9.21. The summed E-state index contributed by atoms with van der Waals surface area (Å²) in [5.74, 6) is 0.774. The van der Waals surface area contributed by atoms with Crippen molar-refractivity contribution < 1.29 is 13.6 Å². The van der Waals surface area contributed by atoms with Gasteiger partial charge in [-0.25, -0.2) is 13.8 Å². The van der Waals surface area contributed by atoms with Gasteiger partial charge in [-0.1, -0.05) is 6.07 Å². The van der Waals surface area contributed by atoms with Crippen molar-refractivity contribution in [3.05, 3.63) is 46.7 Å². The second kappa shape index (κ2) is 7.83. The molecule has 0 saturated heterocycles. The van der Waals surface area contributed by atoms with Gasteiger partial charge in [-0.3, -0.25) is 14.2 Å². The molecule has 1 aliphatic rings. The van der Waals surface area contributed by atoms with Gasteiger partial charge in [0.15, 0.2) is 0 Å². The van der Waals surface area contributed by atoms with Gasteiger partial charge in [-0.15, -0.1) is 11.3 Å². The smallest absolute Gasteiger partial charge is 0.281 e. The van der Waals surface area contributed by atoms with Crippen LogP contribution in [0, 0.1) is 0 Å². The normalized spacial score (nSPS) is 19.9. The maximum Gasteiger partial charge on any atom is 0.281 e. The van der Waals surface area contributed by atoms with E-state index in [0.717, 1.165) is 31.5 Å². The minimum absolute atomic E-state index is 0.0676. The predicted molar refractivity (Wildman–Crippen MR) is 104 cm³/mol. The molecule has 3 aromatic heterocycles. The fraction of sp³-hybridized carbons (Fsp3) is 0.421. The van der Waals surface area contributed by atoms with E-state index in [4.69, 9.17) is 0 Å². The third-order valence-electron chi connectivity index (χ3n) is 5.31. The van der Waals surface area contributed by atoms with Crippen LogP contribution in [0.4, 0.5) is 14.6 Å². The summed E-state index contributed by atoms with van der Waals surface area (Å²) in [6.07, 6.45) is 3.98. The number of anilines is 1. The monoisotopic (exact) mass is 405 g/mol. The second-order valence-corrected chi connectivity index (χ2v) is 7.92. The molecule has 0 radical (unpaired) electrons. The number of nitrogens with one attached hydrogen (secondary N) is 1. The van der Waals surface area contributed by atoms with Crippen LogP contribution in [0.15, 0.2) is 36.1 Å². The summed E-state index contributed by atoms with van der Waals surface area (Å²) in [4.78, 5) is 22.9. The third-order valence-corrected chi connectivity index (χ3v) is 6.08. The number of hydrogen-bond donors (Lipinski definition) is 1. The van der Waals surface area contributed by atoms with E-state index >= 15 is 0 Å². The standard InChI is InChI=1S/C19H21F2N5OS/c1-25(17-4-2-3-16-24-14(18(20)21)10-26(16)17)13-7-5-12(6-8-13)23-19(27)15-9-22-11-28-15/h2-4,9-13,18H,5-8H2,1H3,(H,23,27). The van der Waals surface area contributed by atoms with Crippen molar-refractivity contribution in [2.24, 2.45) is 0 Å². The zero-order valence-electron chi connectivity index (χ0n) is 15.4. The minimum atomic E-state index is -2.59. The number of pyridine rings is 1. The maximum absolute atomic E-state index is 13.0. The zero-order chi connectivity index (χ0) is 19.7. The number of halogens is 2. The molecule has 148 valence electrons. The van der Waals surface area contributed by atoms with E-state index < -0.39 is 6.43 Å². The lowest BCUT2D eigenvalue weighted by Crippen LogP contribution is -2.43. The topological polar surface area (TPSA) is 62.5 Å².